The number of anilines is 1. The molecule has 1 aliphatic rings. The minimum Gasteiger partial charge on any atom is -0.495 e. The average molecular weight is 341 g/mol. The lowest BCUT2D eigenvalue weighted by Crippen LogP contribution is -2.25. The van der Waals surface area contributed by atoms with Crippen molar-refractivity contribution in [2.24, 2.45) is 0 Å². The summed E-state index contributed by atoms with van der Waals surface area (Å²) in [7, 11) is 1.61. The lowest BCUT2D eigenvalue weighted by atomic mass is 10.2. The monoisotopic (exact) mass is 341 g/mol. The summed E-state index contributed by atoms with van der Waals surface area (Å²) in [5.41, 5.74) is 3.56. The average Bonchev–Trinajstić information content (AvgIpc) is 3.22. The van der Waals surface area contributed by atoms with Crippen molar-refractivity contribution >= 4 is 11.6 Å². The Balaban J connectivity index is 1.73. The molecule has 0 saturated carbocycles. The first-order valence-electron chi connectivity index (χ1n) is 8.93. The second kappa shape index (κ2) is 7.74. The molecule has 0 atom stereocenters. The second-order valence-corrected chi connectivity index (χ2v) is 6.64. The van der Waals surface area contributed by atoms with Crippen molar-refractivity contribution in [1.29, 1.82) is 0 Å². The number of rotatable bonds is 6. The Morgan fingerprint density at radius 1 is 1.16 bits per heavy atom. The molecule has 1 aromatic carbocycles. The third-order valence-electron chi connectivity index (χ3n) is 5.01. The van der Waals surface area contributed by atoms with Gasteiger partial charge >= 0.3 is 0 Å². The minimum atomic E-state index is -0.0926. The number of nitrogens with one attached hydrogen (secondary N) is 1. The number of para-hydroxylation sites is 2. The highest BCUT2D eigenvalue weighted by molar-refractivity contribution is 6.06. The van der Waals surface area contributed by atoms with Crippen LogP contribution in [0.2, 0.25) is 0 Å². The number of hydrogen-bond donors (Lipinski definition) is 1. The van der Waals surface area contributed by atoms with Gasteiger partial charge in [-0.15, -0.1) is 0 Å². The van der Waals surface area contributed by atoms with Crippen LogP contribution in [-0.2, 0) is 6.54 Å². The molecule has 5 nitrogen and oxygen atoms in total. The van der Waals surface area contributed by atoms with E-state index in [0.717, 1.165) is 30.0 Å². The molecule has 1 aliphatic heterocycles. The van der Waals surface area contributed by atoms with Gasteiger partial charge in [0.25, 0.3) is 5.91 Å². The first kappa shape index (κ1) is 17.5. The van der Waals surface area contributed by atoms with Crippen LogP contribution < -0.4 is 10.1 Å². The Kier molecular flexibility index (Phi) is 5.43. The molecule has 25 heavy (non-hydrogen) atoms. The summed E-state index contributed by atoms with van der Waals surface area (Å²) in [6.07, 6.45) is 2.60. The van der Waals surface area contributed by atoms with Gasteiger partial charge in [0.15, 0.2) is 0 Å². The Bertz CT molecular complexity index is 745. The van der Waals surface area contributed by atoms with E-state index in [9.17, 15) is 4.79 Å². The Morgan fingerprint density at radius 2 is 1.88 bits per heavy atom. The molecule has 5 heteroatoms. The Morgan fingerprint density at radius 3 is 2.60 bits per heavy atom. The molecular weight excluding hydrogens is 314 g/mol. The number of aryl methyl sites for hydroxylation is 1. The van der Waals surface area contributed by atoms with Gasteiger partial charge in [-0.3, -0.25) is 4.79 Å². The SMILES string of the molecule is COc1ccccc1NC(=O)c1cc(C)n(CCN2CCCC2)c1C. The van der Waals surface area contributed by atoms with Crippen molar-refractivity contribution in [2.75, 3.05) is 32.1 Å². The highest BCUT2D eigenvalue weighted by Gasteiger charge is 2.18. The van der Waals surface area contributed by atoms with Crippen LogP contribution in [0, 0.1) is 13.8 Å². The molecule has 1 amide bonds. The van der Waals surface area contributed by atoms with Crippen LogP contribution in [0.1, 0.15) is 34.6 Å². The predicted molar refractivity (Wildman–Crippen MR) is 101 cm³/mol. The molecular formula is C20H27N3O2. The zero-order valence-electron chi connectivity index (χ0n) is 15.3. The van der Waals surface area contributed by atoms with Gasteiger partial charge in [-0.2, -0.15) is 0 Å². The first-order valence-corrected chi connectivity index (χ1v) is 8.93. The van der Waals surface area contributed by atoms with Crippen molar-refractivity contribution in [1.82, 2.24) is 9.47 Å². The molecule has 134 valence electrons. The second-order valence-electron chi connectivity index (χ2n) is 6.64. The molecule has 2 aromatic rings. The number of methoxy groups -OCH3 is 1. The number of aromatic nitrogens is 1. The van der Waals surface area contributed by atoms with E-state index >= 15 is 0 Å². The van der Waals surface area contributed by atoms with E-state index in [4.69, 9.17) is 4.74 Å². The van der Waals surface area contributed by atoms with Gasteiger partial charge in [0.05, 0.1) is 18.4 Å². The molecule has 1 N–H and O–H groups in total. The lowest BCUT2D eigenvalue weighted by molar-refractivity contribution is 0.102. The molecule has 0 spiro atoms. The van der Waals surface area contributed by atoms with E-state index in [1.807, 2.05) is 37.3 Å². The number of nitrogens with zero attached hydrogens (tertiary/aromatic N) is 2. The van der Waals surface area contributed by atoms with E-state index in [1.54, 1.807) is 7.11 Å². The van der Waals surface area contributed by atoms with Crippen LogP contribution in [0.25, 0.3) is 0 Å². The summed E-state index contributed by atoms with van der Waals surface area (Å²) in [5.74, 6) is 0.573. The summed E-state index contributed by atoms with van der Waals surface area (Å²) in [6, 6.07) is 9.44. The number of benzene rings is 1. The van der Waals surface area contributed by atoms with Crippen LogP contribution in [0.5, 0.6) is 5.75 Å². The third kappa shape index (κ3) is 3.87. The fourth-order valence-electron chi connectivity index (χ4n) is 3.56. The largest absolute Gasteiger partial charge is 0.495 e. The molecule has 1 saturated heterocycles. The van der Waals surface area contributed by atoms with Gasteiger partial charge in [0, 0.05) is 24.5 Å². The number of ether oxygens (including phenoxy) is 1. The summed E-state index contributed by atoms with van der Waals surface area (Å²) < 4.78 is 7.56. The summed E-state index contributed by atoms with van der Waals surface area (Å²) >= 11 is 0. The Labute approximate surface area is 149 Å². The van der Waals surface area contributed by atoms with Crippen LogP contribution in [0.15, 0.2) is 30.3 Å². The van der Waals surface area contributed by atoms with Gasteiger partial charge in [0.1, 0.15) is 5.75 Å². The van der Waals surface area contributed by atoms with Crippen molar-refractivity contribution in [3.63, 3.8) is 0 Å². The van der Waals surface area contributed by atoms with E-state index in [0.29, 0.717) is 11.4 Å². The maximum absolute atomic E-state index is 12.7. The van der Waals surface area contributed by atoms with Gasteiger partial charge in [0.2, 0.25) is 0 Å². The molecule has 1 aromatic heterocycles. The van der Waals surface area contributed by atoms with Crippen molar-refractivity contribution < 1.29 is 9.53 Å². The molecule has 1 fully saturated rings. The van der Waals surface area contributed by atoms with Crippen molar-refractivity contribution in [3.05, 3.63) is 47.3 Å². The van der Waals surface area contributed by atoms with E-state index in [2.05, 4.69) is 21.7 Å². The standard InChI is InChI=1S/C20H27N3O2/c1-15-14-17(16(2)23(15)13-12-22-10-6-7-11-22)20(24)21-18-8-4-5-9-19(18)25-3/h4-5,8-9,14H,6-7,10-13H2,1-3H3,(H,21,24). The fourth-order valence-corrected chi connectivity index (χ4v) is 3.56. The highest BCUT2D eigenvalue weighted by Crippen LogP contribution is 2.25. The molecule has 3 rings (SSSR count). The summed E-state index contributed by atoms with van der Waals surface area (Å²) in [4.78, 5) is 15.2. The van der Waals surface area contributed by atoms with Gasteiger partial charge in [-0.25, -0.2) is 0 Å². The molecule has 0 bridgehead atoms. The highest BCUT2D eigenvalue weighted by atomic mass is 16.5. The van der Waals surface area contributed by atoms with Crippen molar-refractivity contribution in [3.8, 4) is 5.75 Å². The van der Waals surface area contributed by atoms with E-state index < -0.39 is 0 Å². The number of hydrogen-bond acceptors (Lipinski definition) is 3. The fraction of sp³-hybridized carbons (Fsp3) is 0.450. The maximum Gasteiger partial charge on any atom is 0.257 e. The van der Waals surface area contributed by atoms with Crippen LogP contribution >= 0.6 is 0 Å². The van der Waals surface area contributed by atoms with Crippen molar-refractivity contribution in [2.45, 2.75) is 33.2 Å². The quantitative estimate of drug-likeness (QED) is 0.875. The zero-order chi connectivity index (χ0) is 17.8. The Hall–Kier alpha value is -2.27. The van der Waals surface area contributed by atoms with Gasteiger partial charge in [-0.05, 0) is 58.0 Å². The predicted octanol–water partition coefficient (Wildman–Crippen LogP) is 3.46. The van der Waals surface area contributed by atoms with Gasteiger partial charge < -0.3 is 19.5 Å². The number of carbonyl (C=O) groups is 1. The van der Waals surface area contributed by atoms with Gasteiger partial charge in [-0.1, -0.05) is 12.1 Å². The smallest absolute Gasteiger partial charge is 0.257 e. The number of carbonyl (C=O) groups excluding carboxylic acids is 1. The summed E-state index contributed by atoms with van der Waals surface area (Å²) in [5, 5.41) is 2.97. The molecule has 0 unspecified atom stereocenters. The number of amides is 1. The van der Waals surface area contributed by atoms with E-state index in [1.165, 1.54) is 25.9 Å². The normalized spacial score (nSPS) is 14.7. The van der Waals surface area contributed by atoms with Crippen LogP contribution in [0.3, 0.4) is 0 Å². The summed E-state index contributed by atoms with van der Waals surface area (Å²) in [6.45, 7) is 8.45. The molecule has 0 aliphatic carbocycles. The molecule has 2 heterocycles. The third-order valence-corrected chi connectivity index (χ3v) is 5.01. The minimum absolute atomic E-state index is 0.0926. The lowest BCUT2D eigenvalue weighted by Gasteiger charge is -2.17. The topological polar surface area (TPSA) is 46.5 Å². The first-order chi connectivity index (χ1) is 12.1. The molecule has 0 radical (unpaired) electrons. The zero-order valence-corrected chi connectivity index (χ0v) is 15.3. The van der Waals surface area contributed by atoms with Crippen LogP contribution in [0.4, 0.5) is 5.69 Å². The number of likely N-dealkylation sites (tertiary alicyclic amines) is 1. The van der Waals surface area contributed by atoms with Crippen LogP contribution in [-0.4, -0.2) is 42.1 Å². The maximum atomic E-state index is 12.7. The van der Waals surface area contributed by atoms with E-state index in [-0.39, 0.29) is 5.91 Å².